The van der Waals surface area contributed by atoms with Crippen molar-refractivity contribution in [3.05, 3.63) is 82.9 Å². The van der Waals surface area contributed by atoms with E-state index in [9.17, 15) is 19.2 Å². The van der Waals surface area contributed by atoms with Gasteiger partial charge in [0.25, 0.3) is 12.4 Å². The molecule has 0 spiro atoms. The first-order valence-electron chi connectivity index (χ1n) is 12.6. The Morgan fingerprint density at radius 3 is 2.24 bits per heavy atom. The van der Waals surface area contributed by atoms with Crippen molar-refractivity contribution in [2.45, 2.75) is 42.3 Å². The highest BCUT2D eigenvalue weighted by molar-refractivity contribution is 8.03. The van der Waals surface area contributed by atoms with Gasteiger partial charge in [0.2, 0.25) is 6.41 Å². The number of rotatable bonds is 10. The van der Waals surface area contributed by atoms with E-state index in [-0.39, 0.29) is 13.1 Å². The molecule has 2 saturated heterocycles. The van der Waals surface area contributed by atoms with Gasteiger partial charge in [-0.15, -0.1) is 11.8 Å². The SMILES string of the molecule is O=CNC1(COC=O)C(=O)N2C(C(=O)OC(c3ccccc3)c3ccccc3)C(N3CCCCC3)=CS[C@H]21. The molecule has 10 heteroatoms. The quantitative estimate of drug-likeness (QED) is 0.281. The molecule has 2 fully saturated rings. The minimum atomic E-state index is -1.45. The molecule has 2 aromatic carbocycles. The van der Waals surface area contributed by atoms with Crippen LogP contribution in [0.25, 0.3) is 0 Å². The summed E-state index contributed by atoms with van der Waals surface area (Å²) in [5, 5.41) is 3.80. The molecule has 3 heterocycles. The van der Waals surface area contributed by atoms with Crippen LogP contribution in [-0.4, -0.2) is 71.2 Å². The number of carbonyl (C=O) groups excluding carboxylic acids is 4. The Morgan fingerprint density at radius 2 is 1.66 bits per heavy atom. The van der Waals surface area contributed by atoms with Crippen molar-refractivity contribution in [3.63, 3.8) is 0 Å². The lowest BCUT2D eigenvalue weighted by Gasteiger charge is -2.58. The molecule has 198 valence electrons. The number of benzene rings is 2. The average Bonchev–Trinajstić information content (AvgIpc) is 2.98. The second-order valence-electron chi connectivity index (χ2n) is 9.47. The zero-order valence-electron chi connectivity index (χ0n) is 20.7. The topological polar surface area (TPSA) is 105 Å². The first-order valence-corrected chi connectivity index (χ1v) is 13.5. The fourth-order valence-electron chi connectivity index (χ4n) is 5.37. The third-order valence-corrected chi connectivity index (χ3v) is 8.51. The Kier molecular flexibility index (Phi) is 7.69. The van der Waals surface area contributed by atoms with Crippen LogP contribution in [0.5, 0.6) is 0 Å². The molecule has 0 saturated carbocycles. The fraction of sp³-hybridized carbons (Fsp3) is 0.357. The van der Waals surface area contributed by atoms with Crippen molar-refractivity contribution in [1.82, 2.24) is 15.1 Å². The standard InChI is InChI=1S/C28H29N3O6S/c32-18-29-28(17-36-19-33)26(35)31-23(22(16-38-27(28)31)30-14-8-3-9-15-30)25(34)37-24(20-10-4-1-5-11-20)21-12-6-2-7-13-21/h1-2,4-7,10-13,16,18-19,23-24,27H,3,8-9,14-15,17H2,(H,29,32)/t23?,27-,28?/m0/s1. The fourth-order valence-corrected chi connectivity index (χ4v) is 6.73. The third kappa shape index (κ3) is 4.64. The van der Waals surface area contributed by atoms with Gasteiger partial charge in [0.1, 0.15) is 12.0 Å². The van der Waals surface area contributed by atoms with Crippen LogP contribution in [0.1, 0.15) is 36.5 Å². The molecule has 1 N–H and O–H groups in total. The maximum absolute atomic E-state index is 14.1. The molecule has 2 unspecified atom stereocenters. The second kappa shape index (κ2) is 11.3. The van der Waals surface area contributed by atoms with Crippen LogP contribution in [0, 0.1) is 0 Å². The van der Waals surface area contributed by atoms with E-state index in [0.29, 0.717) is 12.1 Å². The lowest BCUT2D eigenvalue weighted by molar-refractivity contribution is -0.176. The van der Waals surface area contributed by atoms with Gasteiger partial charge in [-0.25, -0.2) is 4.79 Å². The molecule has 0 aromatic heterocycles. The van der Waals surface area contributed by atoms with E-state index in [4.69, 9.17) is 9.47 Å². The normalized spacial score (nSPS) is 24.6. The number of ether oxygens (including phenoxy) is 2. The summed E-state index contributed by atoms with van der Waals surface area (Å²) in [6.45, 7) is 1.46. The van der Waals surface area contributed by atoms with Crippen LogP contribution in [-0.2, 0) is 28.7 Å². The number of hydrogen-bond donors (Lipinski definition) is 1. The van der Waals surface area contributed by atoms with E-state index in [1.807, 2.05) is 66.1 Å². The number of likely N-dealkylation sites (tertiary alicyclic amines) is 1. The molecule has 3 atom stereocenters. The highest BCUT2D eigenvalue weighted by Gasteiger charge is 2.67. The third-order valence-electron chi connectivity index (χ3n) is 7.25. The lowest BCUT2D eigenvalue weighted by atomic mass is 9.85. The van der Waals surface area contributed by atoms with E-state index < -0.39 is 34.9 Å². The minimum absolute atomic E-state index is 0.239. The summed E-state index contributed by atoms with van der Waals surface area (Å²) >= 11 is 1.32. The smallest absolute Gasteiger partial charge is 0.336 e. The maximum Gasteiger partial charge on any atom is 0.336 e. The van der Waals surface area contributed by atoms with Gasteiger partial charge in [-0.2, -0.15) is 0 Å². The number of fused-ring (bicyclic) bond motifs is 1. The molecule has 0 bridgehead atoms. The summed E-state index contributed by atoms with van der Waals surface area (Å²) in [7, 11) is 0. The predicted octanol–water partition coefficient (Wildman–Crippen LogP) is 2.59. The minimum Gasteiger partial charge on any atom is -0.465 e. The Morgan fingerprint density at radius 1 is 1.03 bits per heavy atom. The van der Waals surface area contributed by atoms with Gasteiger partial charge in [-0.05, 0) is 35.8 Å². The van der Waals surface area contributed by atoms with Gasteiger partial charge in [0.05, 0.1) is 5.70 Å². The van der Waals surface area contributed by atoms with Crippen molar-refractivity contribution < 1.29 is 28.7 Å². The summed E-state index contributed by atoms with van der Waals surface area (Å²) in [4.78, 5) is 53.6. The number of esters is 1. The summed E-state index contributed by atoms with van der Waals surface area (Å²) in [5.74, 6) is -1.06. The predicted molar refractivity (Wildman–Crippen MR) is 140 cm³/mol. The number of hydrogen-bond acceptors (Lipinski definition) is 8. The largest absolute Gasteiger partial charge is 0.465 e. The highest BCUT2D eigenvalue weighted by Crippen LogP contribution is 2.47. The Bertz CT molecular complexity index is 1160. The highest BCUT2D eigenvalue weighted by atomic mass is 32.2. The van der Waals surface area contributed by atoms with Gasteiger partial charge >= 0.3 is 5.97 Å². The average molecular weight is 536 g/mol. The number of thioether (sulfide) groups is 1. The van der Waals surface area contributed by atoms with Crippen LogP contribution >= 0.6 is 11.8 Å². The van der Waals surface area contributed by atoms with Crippen molar-refractivity contribution >= 4 is 36.5 Å². The molecular formula is C28H29N3O6S. The monoisotopic (exact) mass is 535 g/mol. The van der Waals surface area contributed by atoms with E-state index >= 15 is 0 Å². The molecule has 38 heavy (non-hydrogen) atoms. The van der Waals surface area contributed by atoms with Crippen molar-refractivity contribution in [2.75, 3.05) is 19.7 Å². The maximum atomic E-state index is 14.1. The zero-order chi connectivity index (χ0) is 26.5. The van der Waals surface area contributed by atoms with Crippen LogP contribution in [0.3, 0.4) is 0 Å². The van der Waals surface area contributed by atoms with E-state index in [0.717, 1.165) is 43.5 Å². The first-order chi connectivity index (χ1) is 18.6. The molecule has 2 amide bonds. The number of piperidine rings is 1. The lowest BCUT2D eigenvalue weighted by Crippen LogP contribution is -2.83. The van der Waals surface area contributed by atoms with Crippen molar-refractivity contribution in [1.29, 1.82) is 0 Å². The van der Waals surface area contributed by atoms with Gasteiger partial charge in [0.15, 0.2) is 17.7 Å². The van der Waals surface area contributed by atoms with Crippen LogP contribution in [0.2, 0.25) is 0 Å². The molecule has 3 aliphatic heterocycles. The number of amides is 2. The van der Waals surface area contributed by atoms with Crippen molar-refractivity contribution in [2.24, 2.45) is 0 Å². The Hall–Kier alpha value is -3.79. The van der Waals surface area contributed by atoms with E-state index in [1.54, 1.807) is 0 Å². The molecule has 0 aliphatic carbocycles. The van der Waals surface area contributed by atoms with Gasteiger partial charge < -0.3 is 24.6 Å². The molecular weight excluding hydrogens is 506 g/mol. The number of nitrogens with one attached hydrogen (secondary N) is 1. The molecule has 5 rings (SSSR count). The summed E-state index contributed by atoms with van der Waals surface area (Å²) in [6, 6.07) is 17.9. The van der Waals surface area contributed by atoms with Crippen LogP contribution in [0.15, 0.2) is 71.8 Å². The van der Waals surface area contributed by atoms with E-state index in [2.05, 4.69) is 10.2 Å². The first kappa shape index (κ1) is 25.8. The van der Waals surface area contributed by atoms with Gasteiger partial charge in [-0.1, -0.05) is 60.7 Å². The Balaban J connectivity index is 1.50. The molecule has 2 aromatic rings. The Labute approximate surface area is 225 Å². The van der Waals surface area contributed by atoms with Crippen LogP contribution < -0.4 is 5.32 Å². The van der Waals surface area contributed by atoms with E-state index in [1.165, 1.54) is 16.7 Å². The van der Waals surface area contributed by atoms with Gasteiger partial charge in [0, 0.05) is 13.1 Å². The molecule has 3 aliphatic rings. The van der Waals surface area contributed by atoms with Gasteiger partial charge in [-0.3, -0.25) is 14.4 Å². The molecule has 0 radical (unpaired) electrons. The summed E-state index contributed by atoms with van der Waals surface area (Å²) < 4.78 is 11.1. The van der Waals surface area contributed by atoms with Crippen molar-refractivity contribution in [3.8, 4) is 0 Å². The summed E-state index contributed by atoms with van der Waals surface area (Å²) in [5.41, 5.74) is 0.876. The number of β-lactam (4-membered cyclic amide) rings is 1. The number of nitrogens with zero attached hydrogens (tertiary/aromatic N) is 2. The summed E-state index contributed by atoms with van der Waals surface area (Å²) in [6.07, 6.45) is 2.83. The zero-order valence-corrected chi connectivity index (χ0v) is 21.5. The van der Waals surface area contributed by atoms with Crippen LogP contribution in [0.4, 0.5) is 0 Å². The number of carbonyl (C=O) groups is 4. The second-order valence-corrected chi connectivity index (χ2v) is 10.4. The molecule has 9 nitrogen and oxygen atoms in total.